The third-order valence-corrected chi connectivity index (χ3v) is 7.62. The number of nitrogens with zero attached hydrogens (tertiary/aromatic N) is 3. The molecule has 1 atom stereocenters. The lowest BCUT2D eigenvalue weighted by Crippen LogP contribution is -2.51. The van der Waals surface area contributed by atoms with Crippen LogP contribution in [-0.2, 0) is 4.79 Å². The van der Waals surface area contributed by atoms with Crippen LogP contribution in [0.5, 0.6) is 0 Å². The highest BCUT2D eigenvalue weighted by molar-refractivity contribution is 8.00. The first-order valence-electron chi connectivity index (χ1n) is 11.0. The SMILES string of the molecule is Cc1c(Cl)cccc1-n1c(SC(C)C(=O)NC2(C#N)CCCCC2)nc2ccccc2c1=O. The number of hydrogen-bond acceptors (Lipinski definition) is 5. The van der Waals surface area contributed by atoms with Crippen LogP contribution in [0.4, 0.5) is 0 Å². The molecule has 1 N–H and O–H groups in total. The summed E-state index contributed by atoms with van der Waals surface area (Å²) in [6.45, 7) is 3.62. The fourth-order valence-corrected chi connectivity index (χ4v) is 5.30. The summed E-state index contributed by atoms with van der Waals surface area (Å²) in [7, 11) is 0. The lowest BCUT2D eigenvalue weighted by molar-refractivity contribution is -0.121. The quantitative estimate of drug-likeness (QED) is 0.402. The first kappa shape index (κ1) is 23.3. The van der Waals surface area contributed by atoms with Gasteiger partial charge in [-0.25, -0.2) is 4.98 Å². The van der Waals surface area contributed by atoms with Crippen molar-refractivity contribution in [2.45, 2.75) is 61.9 Å². The molecular formula is C25H25ClN4O2S. The Kier molecular flexibility index (Phi) is 6.78. The molecule has 1 aliphatic rings. The molecule has 1 fully saturated rings. The summed E-state index contributed by atoms with van der Waals surface area (Å²) >= 11 is 7.55. The molecule has 1 unspecified atom stereocenters. The highest BCUT2D eigenvalue weighted by Crippen LogP contribution is 2.31. The van der Waals surface area contributed by atoms with Crippen LogP contribution in [0, 0.1) is 18.3 Å². The number of nitrogens with one attached hydrogen (secondary N) is 1. The van der Waals surface area contributed by atoms with Crippen molar-refractivity contribution in [3.05, 3.63) is 63.4 Å². The minimum Gasteiger partial charge on any atom is -0.337 e. The van der Waals surface area contributed by atoms with Crippen molar-refractivity contribution in [2.75, 3.05) is 0 Å². The van der Waals surface area contributed by atoms with Crippen molar-refractivity contribution in [2.24, 2.45) is 0 Å². The van der Waals surface area contributed by atoms with Crippen LogP contribution in [0.3, 0.4) is 0 Å². The van der Waals surface area contributed by atoms with Crippen molar-refractivity contribution in [1.29, 1.82) is 5.26 Å². The Morgan fingerprint density at radius 1 is 1.21 bits per heavy atom. The Bertz CT molecular complexity index is 1310. The molecule has 1 saturated carbocycles. The van der Waals surface area contributed by atoms with Gasteiger partial charge in [-0.15, -0.1) is 0 Å². The summed E-state index contributed by atoms with van der Waals surface area (Å²) in [5, 5.41) is 13.6. The van der Waals surface area contributed by atoms with Gasteiger partial charge < -0.3 is 5.32 Å². The second-order valence-corrected chi connectivity index (χ2v) is 10.2. The maximum absolute atomic E-state index is 13.5. The number of halogens is 1. The van der Waals surface area contributed by atoms with Crippen LogP contribution >= 0.6 is 23.4 Å². The van der Waals surface area contributed by atoms with Crippen molar-refractivity contribution >= 4 is 40.2 Å². The molecule has 6 nitrogen and oxygen atoms in total. The normalized spacial score (nSPS) is 16.2. The third-order valence-electron chi connectivity index (χ3n) is 6.16. The fraction of sp³-hybridized carbons (Fsp3) is 0.360. The second kappa shape index (κ2) is 9.58. The van der Waals surface area contributed by atoms with E-state index in [0.717, 1.165) is 24.8 Å². The van der Waals surface area contributed by atoms with Gasteiger partial charge in [-0.2, -0.15) is 5.26 Å². The van der Waals surface area contributed by atoms with Crippen molar-refractivity contribution in [3.8, 4) is 11.8 Å². The van der Waals surface area contributed by atoms with E-state index in [2.05, 4.69) is 11.4 Å². The maximum Gasteiger partial charge on any atom is 0.266 e. The van der Waals surface area contributed by atoms with Crippen LogP contribution in [0.1, 0.15) is 44.6 Å². The molecule has 3 aromatic rings. The summed E-state index contributed by atoms with van der Waals surface area (Å²) < 4.78 is 1.53. The minimum absolute atomic E-state index is 0.221. The molecule has 0 radical (unpaired) electrons. The Balaban J connectivity index is 1.74. The van der Waals surface area contributed by atoms with Gasteiger partial charge in [0.15, 0.2) is 5.16 Å². The smallest absolute Gasteiger partial charge is 0.266 e. The maximum atomic E-state index is 13.5. The van der Waals surface area contributed by atoms with Crippen LogP contribution < -0.4 is 10.9 Å². The van der Waals surface area contributed by atoms with E-state index in [0.29, 0.717) is 39.6 Å². The molecule has 0 spiro atoms. The molecule has 1 aromatic heterocycles. The van der Waals surface area contributed by atoms with Gasteiger partial charge in [0.2, 0.25) is 5.91 Å². The standard InChI is InChI=1S/C25H25ClN4O2S/c1-16-19(26)10-8-12-21(16)30-23(32)18-9-4-5-11-20(18)28-24(30)33-17(2)22(31)29-25(15-27)13-6-3-7-14-25/h4-5,8-12,17H,3,6-7,13-14H2,1-2H3,(H,29,31). The van der Waals surface area contributed by atoms with Crippen molar-refractivity contribution in [1.82, 2.24) is 14.9 Å². The Morgan fingerprint density at radius 2 is 1.94 bits per heavy atom. The van der Waals surface area contributed by atoms with E-state index in [1.165, 1.54) is 16.3 Å². The minimum atomic E-state index is -0.815. The second-order valence-electron chi connectivity index (χ2n) is 8.44. The number of para-hydroxylation sites is 1. The van der Waals surface area contributed by atoms with Crippen molar-refractivity contribution < 1.29 is 4.79 Å². The van der Waals surface area contributed by atoms with Gasteiger partial charge in [0.05, 0.1) is 27.9 Å². The molecule has 1 amide bonds. The van der Waals surface area contributed by atoms with E-state index in [1.807, 2.05) is 19.1 Å². The van der Waals surface area contributed by atoms with E-state index < -0.39 is 10.8 Å². The van der Waals surface area contributed by atoms with Crippen LogP contribution in [0.15, 0.2) is 52.4 Å². The molecule has 0 aliphatic heterocycles. The molecule has 1 heterocycles. The summed E-state index contributed by atoms with van der Waals surface area (Å²) in [6, 6.07) is 14.9. The predicted molar refractivity (Wildman–Crippen MR) is 132 cm³/mol. The molecule has 1 aliphatic carbocycles. The van der Waals surface area contributed by atoms with Gasteiger partial charge in [0.25, 0.3) is 5.56 Å². The zero-order valence-electron chi connectivity index (χ0n) is 18.6. The molecular weight excluding hydrogens is 456 g/mol. The summed E-state index contributed by atoms with van der Waals surface area (Å²) in [5.41, 5.74) is 0.908. The van der Waals surface area contributed by atoms with Crippen LogP contribution in [-0.4, -0.2) is 26.2 Å². The zero-order valence-corrected chi connectivity index (χ0v) is 20.2. The van der Waals surface area contributed by atoms with Gasteiger partial charge >= 0.3 is 0 Å². The largest absolute Gasteiger partial charge is 0.337 e. The van der Waals surface area contributed by atoms with Gasteiger partial charge in [-0.3, -0.25) is 14.2 Å². The summed E-state index contributed by atoms with van der Waals surface area (Å²) in [4.78, 5) is 31.3. The number of thioether (sulfide) groups is 1. The van der Waals surface area contributed by atoms with Gasteiger partial charge in [-0.05, 0) is 56.5 Å². The number of carbonyl (C=O) groups excluding carboxylic acids is 1. The third kappa shape index (κ3) is 4.64. The molecule has 0 bridgehead atoms. The Labute approximate surface area is 202 Å². The number of nitriles is 1. The molecule has 170 valence electrons. The average Bonchev–Trinajstić information content (AvgIpc) is 2.82. The van der Waals surface area contributed by atoms with Gasteiger partial charge in [-0.1, -0.05) is 60.8 Å². The molecule has 33 heavy (non-hydrogen) atoms. The summed E-state index contributed by atoms with van der Waals surface area (Å²) in [5.74, 6) is -0.236. The number of hydrogen-bond donors (Lipinski definition) is 1. The topological polar surface area (TPSA) is 87.8 Å². The molecule has 8 heteroatoms. The number of amides is 1. The molecule has 2 aromatic carbocycles. The number of aromatic nitrogens is 2. The molecule has 4 rings (SSSR count). The average molecular weight is 481 g/mol. The van der Waals surface area contributed by atoms with E-state index in [9.17, 15) is 14.9 Å². The van der Waals surface area contributed by atoms with Gasteiger partial charge in [0, 0.05) is 5.02 Å². The lowest BCUT2D eigenvalue weighted by Gasteiger charge is -2.32. The number of rotatable bonds is 5. The summed E-state index contributed by atoms with van der Waals surface area (Å²) in [6.07, 6.45) is 4.25. The Morgan fingerprint density at radius 3 is 2.67 bits per heavy atom. The first-order chi connectivity index (χ1) is 15.8. The highest BCUT2D eigenvalue weighted by Gasteiger charge is 2.35. The van der Waals surface area contributed by atoms with Crippen LogP contribution in [0.25, 0.3) is 16.6 Å². The highest BCUT2D eigenvalue weighted by atomic mass is 35.5. The number of carbonyl (C=O) groups is 1. The van der Waals surface area contributed by atoms with E-state index in [1.54, 1.807) is 37.3 Å². The number of fused-ring (bicyclic) bond motifs is 1. The van der Waals surface area contributed by atoms with Crippen LogP contribution in [0.2, 0.25) is 5.02 Å². The van der Waals surface area contributed by atoms with Gasteiger partial charge in [0.1, 0.15) is 5.54 Å². The monoisotopic (exact) mass is 480 g/mol. The number of benzene rings is 2. The lowest BCUT2D eigenvalue weighted by atomic mass is 9.83. The van der Waals surface area contributed by atoms with E-state index in [-0.39, 0.29) is 11.5 Å². The predicted octanol–water partition coefficient (Wildman–Crippen LogP) is 5.17. The zero-order chi connectivity index (χ0) is 23.6. The van der Waals surface area contributed by atoms with E-state index in [4.69, 9.17) is 16.6 Å². The Hall–Kier alpha value is -2.82. The first-order valence-corrected chi connectivity index (χ1v) is 12.3. The van der Waals surface area contributed by atoms with E-state index >= 15 is 0 Å². The molecule has 0 saturated heterocycles. The fourth-order valence-electron chi connectivity index (χ4n) is 4.21. The van der Waals surface area contributed by atoms with Crippen molar-refractivity contribution in [3.63, 3.8) is 0 Å².